The molecule has 112 valence electrons. The second-order valence-electron chi connectivity index (χ2n) is 4.87. The van der Waals surface area contributed by atoms with Crippen LogP contribution in [-0.4, -0.2) is 50.1 Å². The van der Waals surface area contributed by atoms with Gasteiger partial charge in [0.15, 0.2) is 0 Å². The van der Waals surface area contributed by atoms with Gasteiger partial charge >= 0.3 is 0 Å². The molecule has 1 aliphatic heterocycles. The number of amides is 1. The van der Waals surface area contributed by atoms with Crippen molar-refractivity contribution in [3.63, 3.8) is 0 Å². The van der Waals surface area contributed by atoms with Gasteiger partial charge in [-0.3, -0.25) is 9.69 Å². The molecule has 1 aliphatic rings. The Morgan fingerprint density at radius 2 is 2.15 bits per heavy atom. The second kappa shape index (κ2) is 8.09. The number of carbonyl (C=O) groups is 1. The van der Waals surface area contributed by atoms with E-state index in [1.54, 1.807) is 7.11 Å². The predicted octanol–water partition coefficient (Wildman–Crippen LogP) is 1.35. The minimum Gasteiger partial charge on any atom is -0.497 e. The molecule has 1 atom stereocenters. The Kier molecular flexibility index (Phi) is 6.78. The highest BCUT2D eigenvalue weighted by atomic mass is 35.5. The molecule has 1 aromatic rings. The Balaban J connectivity index is 0.00000200. The fourth-order valence-corrected chi connectivity index (χ4v) is 2.23. The van der Waals surface area contributed by atoms with Gasteiger partial charge < -0.3 is 15.4 Å². The van der Waals surface area contributed by atoms with E-state index < -0.39 is 0 Å². The molecule has 1 aromatic carbocycles. The largest absolute Gasteiger partial charge is 0.497 e. The molecule has 1 heterocycles. The lowest BCUT2D eigenvalue weighted by Gasteiger charge is -2.31. The summed E-state index contributed by atoms with van der Waals surface area (Å²) in [4.78, 5) is 14.1. The third-order valence-electron chi connectivity index (χ3n) is 3.19. The number of carbonyl (C=O) groups excluding carboxylic acids is 1. The second-order valence-corrected chi connectivity index (χ2v) is 4.87. The molecule has 0 saturated carbocycles. The van der Waals surface area contributed by atoms with E-state index in [1.807, 2.05) is 24.3 Å². The third kappa shape index (κ3) is 5.00. The maximum absolute atomic E-state index is 11.9. The van der Waals surface area contributed by atoms with Gasteiger partial charge in [-0.15, -0.1) is 12.4 Å². The number of nitrogens with zero attached hydrogens (tertiary/aromatic N) is 1. The lowest BCUT2D eigenvalue weighted by molar-refractivity contribution is -0.117. The average molecular weight is 300 g/mol. The Hall–Kier alpha value is -1.30. The highest BCUT2D eigenvalue weighted by molar-refractivity contribution is 5.92. The van der Waals surface area contributed by atoms with Crippen molar-refractivity contribution in [2.24, 2.45) is 0 Å². The highest BCUT2D eigenvalue weighted by Gasteiger charge is 2.17. The molecular weight excluding hydrogens is 278 g/mol. The van der Waals surface area contributed by atoms with Gasteiger partial charge in [-0.25, -0.2) is 0 Å². The number of methoxy groups -OCH3 is 1. The van der Waals surface area contributed by atoms with Gasteiger partial charge in [-0.05, 0) is 31.2 Å². The summed E-state index contributed by atoms with van der Waals surface area (Å²) in [5.74, 6) is 0.813. The predicted molar refractivity (Wildman–Crippen MR) is 82.8 cm³/mol. The molecule has 1 unspecified atom stereocenters. The number of ether oxygens (including phenoxy) is 1. The van der Waals surface area contributed by atoms with Crippen molar-refractivity contribution in [2.75, 3.05) is 38.6 Å². The summed E-state index contributed by atoms with van der Waals surface area (Å²) in [5.41, 5.74) is 0.800. The van der Waals surface area contributed by atoms with E-state index in [0.29, 0.717) is 12.6 Å². The van der Waals surface area contributed by atoms with Crippen LogP contribution in [-0.2, 0) is 4.79 Å². The van der Waals surface area contributed by atoms with Crippen LogP contribution < -0.4 is 15.4 Å². The highest BCUT2D eigenvalue weighted by Crippen LogP contribution is 2.14. The van der Waals surface area contributed by atoms with Crippen LogP contribution in [0.5, 0.6) is 5.75 Å². The summed E-state index contributed by atoms with van der Waals surface area (Å²) in [5, 5.41) is 6.26. The summed E-state index contributed by atoms with van der Waals surface area (Å²) in [6.45, 7) is 5.35. The fraction of sp³-hybridized carbons (Fsp3) is 0.500. The molecule has 20 heavy (non-hydrogen) atoms. The van der Waals surface area contributed by atoms with Crippen molar-refractivity contribution in [2.45, 2.75) is 13.0 Å². The van der Waals surface area contributed by atoms with Gasteiger partial charge in [0, 0.05) is 31.4 Å². The minimum absolute atomic E-state index is 0. The maximum atomic E-state index is 11.9. The smallest absolute Gasteiger partial charge is 0.238 e. The third-order valence-corrected chi connectivity index (χ3v) is 3.19. The van der Waals surface area contributed by atoms with Gasteiger partial charge in [0.1, 0.15) is 5.75 Å². The number of halogens is 1. The molecule has 0 aliphatic carbocycles. The van der Waals surface area contributed by atoms with E-state index in [0.717, 1.165) is 31.1 Å². The molecule has 2 rings (SSSR count). The SMILES string of the molecule is COc1ccc(NC(=O)CN2CCNC(C)C2)cc1.Cl. The molecule has 6 heteroatoms. The van der Waals surface area contributed by atoms with Gasteiger partial charge in [0.05, 0.1) is 13.7 Å². The molecule has 1 fully saturated rings. The quantitative estimate of drug-likeness (QED) is 0.881. The van der Waals surface area contributed by atoms with Crippen LogP contribution in [0.3, 0.4) is 0 Å². The van der Waals surface area contributed by atoms with E-state index in [1.165, 1.54) is 0 Å². The number of rotatable bonds is 4. The van der Waals surface area contributed by atoms with Crippen LogP contribution in [0.4, 0.5) is 5.69 Å². The molecule has 0 radical (unpaired) electrons. The lowest BCUT2D eigenvalue weighted by atomic mass is 10.2. The van der Waals surface area contributed by atoms with Crippen LogP contribution >= 0.6 is 12.4 Å². The van der Waals surface area contributed by atoms with Crippen LogP contribution in [0, 0.1) is 0 Å². The van der Waals surface area contributed by atoms with Crippen molar-refractivity contribution in [1.29, 1.82) is 0 Å². The van der Waals surface area contributed by atoms with Gasteiger partial charge in [0.2, 0.25) is 5.91 Å². The summed E-state index contributed by atoms with van der Waals surface area (Å²) in [6.07, 6.45) is 0. The first-order chi connectivity index (χ1) is 9.17. The van der Waals surface area contributed by atoms with Crippen molar-refractivity contribution >= 4 is 24.0 Å². The molecule has 1 amide bonds. The number of hydrogen-bond donors (Lipinski definition) is 2. The van der Waals surface area contributed by atoms with Gasteiger partial charge in [-0.1, -0.05) is 0 Å². The summed E-state index contributed by atoms with van der Waals surface area (Å²) in [7, 11) is 1.62. The average Bonchev–Trinajstić information content (AvgIpc) is 2.39. The van der Waals surface area contributed by atoms with E-state index in [9.17, 15) is 4.79 Å². The zero-order valence-electron chi connectivity index (χ0n) is 11.9. The van der Waals surface area contributed by atoms with Crippen molar-refractivity contribution in [3.05, 3.63) is 24.3 Å². The van der Waals surface area contributed by atoms with Crippen LogP contribution in [0.15, 0.2) is 24.3 Å². The molecule has 2 N–H and O–H groups in total. The Morgan fingerprint density at radius 3 is 2.75 bits per heavy atom. The number of hydrogen-bond acceptors (Lipinski definition) is 4. The van der Waals surface area contributed by atoms with Gasteiger partial charge in [0.25, 0.3) is 0 Å². The Bertz CT molecular complexity index is 425. The molecule has 0 spiro atoms. The van der Waals surface area contributed by atoms with Crippen molar-refractivity contribution in [1.82, 2.24) is 10.2 Å². The molecule has 0 aromatic heterocycles. The van der Waals surface area contributed by atoms with E-state index in [4.69, 9.17) is 4.74 Å². The normalized spacial score (nSPS) is 19.0. The maximum Gasteiger partial charge on any atom is 0.238 e. The van der Waals surface area contributed by atoms with Crippen LogP contribution in [0.2, 0.25) is 0 Å². The minimum atomic E-state index is 0. The number of anilines is 1. The molecule has 1 saturated heterocycles. The van der Waals surface area contributed by atoms with Crippen LogP contribution in [0.25, 0.3) is 0 Å². The standard InChI is InChI=1S/C14H21N3O2.ClH/c1-11-9-17(8-7-15-11)10-14(18)16-12-3-5-13(19-2)6-4-12;/h3-6,11,15H,7-10H2,1-2H3,(H,16,18);1H. The molecule has 5 nitrogen and oxygen atoms in total. The fourth-order valence-electron chi connectivity index (χ4n) is 2.23. The van der Waals surface area contributed by atoms with Crippen molar-refractivity contribution in [3.8, 4) is 5.75 Å². The van der Waals surface area contributed by atoms with E-state index in [-0.39, 0.29) is 18.3 Å². The van der Waals surface area contributed by atoms with Crippen molar-refractivity contribution < 1.29 is 9.53 Å². The lowest BCUT2D eigenvalue weighted by Crippen LogP contribution is -2.51. The zero-order chi connectivity index (χ0) is 13.7. The first-order valence-corrected chi connectivity index (χ1v) is 6.57. The summed E-state index contributed by atoms with van der Waals surface area (Å²) < 4.78 is 5.08. The Labute approximate surface area is 126 Å². The van der Waals surface area contributed by atoms with E-state index in [2.05, 4.69) is 22.5 Å². The first kappa shape index (κ1) is 16.8. The topological polar surface area (TPSA) is 53.6 Å². The molecule has 0 bridgehead atoms. The monoisotopic (exact) mass is 299 g/mol. The first-order valence-electron chi connectivity index (χ1n) is 6.57. The number of piperazine rings is 1. The van der Waals surface area contributed by atoms with Gasteiger partial charge in [-0.2, -0.15) is 0 Å². The summed E-state index contributed by atoms with van der Waals surface area (Å²) >= 11 is 0. The van der Waals surface area contributed by atoms with Crippen LogP contribution in [0.1, 0.15) is 6.92 Å². The molecular formula is C14H22ClN3O2. The Morgan fingerprint density at radius 1 is 1.45 bits per heavy atom. The number of nitrogens with one attached hydrogen (secondary N) is 2. The number of benzene rings is 1. The van der Waals surface area contributed by atoms with E-state index >= 15 is 0 Å². The zero-order valence-corrected chi connectivity index (χ0v) is 12.7. The summed E-state index contributed by atoms with van der Waals surface area (Å²) in [6, 6.07) is 7.81.